The van der Waals surface area contributed by atoms with Crippen molar-refractivity contribution < 1.29 is 19.0 Å². The van der Waals surface area contributed by atoms with Gasteiger partial charge in [0.1, 0.15) is 17.1 Å². The fourth-order valence-corrected chi connectivity index (χ4v) is 4.37. The van der Waals surface area contributed by atoms with Gasteiger partial charge in [0, 0.05) is 68.2 Å². The van der Waals surface area contributed by atoms with Gasteiger partial charge in [0.2, 0.25) is 0 Å². The highest BCUT2D eigenvalue weighted by atomic mass is 16.5. The molecule has 1 aliphatic heterocycles. The molecule has 4 rings (SSSR count). The quantitative estimate of drug-likeness (QED) is 0.438. The molecule has 0 aliphatic carbocycles. The Morgan fingerprint density at radius 2 is 1.86 bits per heavy atom. The minimum Gasteiger partial charge on any atom is -0.494 e. The molecule has 0 unspecified atom stereocenters. The van der Waals surface area contributed by atoms with Gasteiger partial charge in [-0.15, -0.1) is 0 Å². The van der Waals surface area contributed by atoms with Crippen LogP contribution in [0.4, 0.5) is 0 Å². The van der Waals surface area contributed by atoms with Crippen LogP contribution in [-0.2, 0) is 30.7 Å². The number of fused-ring (bicyclic) bond motifs is 1. The minimum absolute atomic E-state index is 0.183. The summed E-state index contributed by atoms with van der Waals surface area (Å²) in [6.07, 6.45) is 2.81. The lowest BCUT2D eigenvalue weighted by Crippen LogP contribution is -2.29. The van der Waals surface area contributed by atoms with Gasteiger partial charge in [-0.05, 0) is 25.1 Å². The van der Waals surface area contributed by atoms with Crippen LogP contribution < -0.4 is 15.0 Å². The number of pyridine rings is 2. The molecule has 0 N–H and O–H groups in total. The fourth-order valence-electron chi connectivity index (χ4n) is 4.37. The van der Waals surface area contributed by atoms with E-state index in [9.17, 15) is 9.59 Å². The molecule has 8 heteroatoms. The number of aromatic nitrogens is 2. The summed E-state index contributed by atoms with van der Waals surface area (Å²) in [5.41, 5.74) is 2.76. The summed E-state index contributed by atoms with van der Waals surface area (Å²) in [6, 6.07) is 15.1. The molecule has 0 fully saturated rings. The lowest BCUT2D eigenvalue weighted by molar-refractivity contribution is 0.0593. The molecular formula is C27H31N3O5. The van der Waals surface area contributed by atoms with Crippen molar-refractivity contribution in [1.29, 1.82) is 0 Å². The van der Waals surface area contributed by atoms with Crippen molar-refractivity contribution in [2.24, 2.45) is 0 Å². The van der Waals surface area contributed by atoms with Crippen LogP contribution in [0.25, 0.3) is 0 Å². The number of carbonyl (C=O) groups excluding carboxylic acids is 1. The number of nitrogens with zero attached hydrogens (tertiary/aromatic N) is 3. The zero-order valence-electron chi connectivity index (χ0n) is 20.2. The molecule has 0 saturated heterocycles. The van der Waals surface area contributed by atoms with Gasteiger partial charge >= 0.3 is 5.97 Å². The third kappa shape index (κ3) is 5.89. The van der Waals surface area contributed by atoms with Crippen molar-refractivity contribution in [3.05, 3.63) is 87.6 Å². The summed E-state index contributed by atoms with van der Waals surface area (Å²) in [5, 5.41) is 0. The van der Waals surface area contributed by atoms with E-state index in [1.807, 2.05) is 43.3 Å². The van der Waals surface area contributed by atoms with Crippen LogP contribution in [0, 0.1) is 0 Å². The molecule has 0 spiro atoms. The normalized spacial score (nSPS) is 13.5. The molecule has 35 heavy (non-hydrogen) atoms. The fraction of sp³-hybridized carbons (Fsp3) is 0.370. The maximum absolute atomic E-state index is 13.0. The summed E-state index contributed by atoms with van der Waals surface area (Å²) < 4.78 is 18.5. The van der Waals surface area contributed by atoms with Gasteiger partial charge in [-0.25, -0.2) is 4.79 Å². The second kappa shape index (κ2) is 11.7. The Bertz CT molecular complexity index is 1210. The number of rotatable bonds is 9. The van der Waals surface area contributed by atoms with Crippen LogP contribution in [0.1, 0.15) is 34.2 Å². The molecule has 3 heterocycles. The smallest absolute Gasteiger partial charge is 0.343 e. The van der Waals surface area contributed by atoms with Crippen LogP contribution >= 0.6 is 0 Å². The van der Waals surface area contributed by atoms with Gasteiger partial charge in [0.25, 0.3) is 5.56 Å². The standard InChI is InChI=1S/C27H31N3O5/c1-3-34-23-10-5-4-8-20(23)19-29-14-11-22-26(27(32)33-2)24(18-25(31)30(22)16-15-29)35-17-12-21-9-6-7-13-28-21/h4-10,13,18H,3,11-12,14-17,19H2,1-2H3. The summed E-state index contributed by atoms with van der Waals surface area (Å²) in [6.45, 7) is 5.39. The highest BCUT2D eigenvalue weighted by Gasteiger charge is 2.26. The Balaban J connectivity index is 1.55. The first kappa shape index (κ1) is 24.5. The van der Waals surface area contributed by atoms with Crippen LogP contribution in [0.15, 0.2) is 59.5 Å². The van der Waals surface area contributed by atoms with Crippen molar-refractivity contribution in [3.8, 4) is 11.5 Å². The van der Waals surface area contributed by atoms with E-state index in [1.54, 1.807) is 10.8 Å². The second-order valence-corrected chi connectivity index (χ2v) is 8.30. The van der Waals surface area contributed by atoms with Crippen molar-refractivity contribution in [3.63, 3.8) is 0 Å². The maximum atomic E-state index is 13.0. The molecule has 3 aromatic rings. The second-order valence-electron chi connectivity index (χ2n) is 8.30. The first-order chi connectivity index (χ1) is 17.1. The lowest BCUT2D eigenvalue weighted by atomic mass is 10.1. The van der Waals surface area contributed by atoms with Gasteiger partial charge in [-0.3, -0.25) is 14.7 Å². The summed E-state index contributed by atoms with van der Waals surface area (Å²) in [5.74, 6) is 0.628. The van der Waals surface area contributed by atoms with Gasteiger partial charge in [-0.2, -0.15) is 0 Å². The van der Waals surface area contributed by atoms with E-state index < -0.39 is 5.97 Å². The largest absolute Gasteiger partial charge is 0.494 e. The van der Waals surface area contributed by atoms with Crippen LogP contribution in [-0.4, -0.2) is 53.8 Å². The van der Waals surface area contributed by atoms with E-state index >= 15 is 0 Å². The van der Waals surface area contributed by atoms with Crippen molar-refractivity contribution in [1.82, 2.24) is 14.5 Å². The van der Waals surface area contributed by atoms with E-state index in [0.717, 1.165) is 17.0 Å². The van der Waals surface area contributed by atoms with Crippen LogP contribution in [0.5, 0.6) is 11.5 Å². The van der Waals surface area contributed by atoms with Crippen LogP contribution in [0.2, 0.25) is 0 Å². The van der Waals surface area contributed by atoms with Gasteiger partial charge in [0.05, 0.1) is 20.3 Å². The Morgan fingerprint density at radius 1 is 1.03 bits per heavy atom. The highest BCUT2D eigenvalue weighted by Crippen LogP contribution is 2.26. The molecule has 1 aromatic carbocycles. The summed E-state index contributed by atoms with van der Waals surface area (Å²) in [4.78, 5) is 32.4. The molecule has 2 aromatic heterocycles. The zero-order chi connectivity index (χ0) is 24.6. The molecule has 0 amide bonds. The molecule has 0 radical (unpaired) electrons. The SMILES string of the molecule is CCOc1ccccc1CN1CCc2c(C(=O)OC)c(OCCc3ccccn3)cc(=O)n2CC1. The first-order valence-electron chi connectivity index (χ1n) is 11.9. The molecule has 0 bridgehead atoms. The predicted octanol–water partition coefficient (Wildman–Crippen LogP) is 3.11. The van der Waals surface area contributed by atoms with E-state index in [1.165, 1.54) is 13.2 Å². The number of carbonyl (C=O) groups is 1. The number of ether oxygens (including phenoxy) is 3. The number of hydrogen-bond donors (Lipinski definition) is 0. The average Bonchev–Trinajstić information content (AvgIpc) is 3.09. The number of esters is 1. The van der Waals surface area contributed by atoms with Crippen molar-refractivity contribution >= 4 is 5.97 Å². The van der Waals surface area contributed by atoms with Crippen LogP contribution in [0.3, 0.4) is 0 Å². The topological polar surface area (TPSA) is 82.9 Å². The Labute approximate surface area is 205 Å². The Kier molecular flexibility index (Phi) is 8.15. The lowest BCUT2D eigenvalue weighted by Gasteiger charge is -2.21. The van der Waals surface area contributed by atoms with E-state index in [4.69, 9.17) is 14.2 Å². The van der Waals surface area contributed by atoms with E-state index in [0.29, 0.717) is 63.5 Å². The van der Waals surface area contributed by atoms with E-state index in [-0.39, 0.29) is 11.3 Å². The Hall–Kier alpha value is -3.65. The molecule has 8 nitrogen and oxygen atoms in total. The zero-order valence-corrected chi connectivity index (χ0v) is 20.2. The number of para-hydroxylation sites is 1. The van der Waals surface area contributed by atoms with Gasteiger partial charge < -0.3 is 18.8 Å². The highest BCUT2D eigenvalue weighted by molar-refractivity contribution is 5.93. The van der Waals surface area contributed by atoms with Gasteiger partial charge in [-0.1, -0.05) is 24.3 Å². The average molecular weight is 478 g/mol. The maximum Gasteiger partial charge on any atom is 0.343 e. The third-order valence-electron chi connectivity index (χ3n) is 6.08. The minimum atomic E-state index is -0.503. The predicted molar refractivity (Wildman–Crippen MR) is 132 cm³/mol. The molecular weight excluding hydrogens is 446 g/mol. The molecule has 184 valence electrons. The molecule has 1 aliphatic rings. The van der Waals surface area contributed by atoms with E-state index in [2.05, 4.69) is 16.0 Å². The summed E-state index contributed by atoms with van der Waals surface area (Å²) >= 11 is 0. The monoisotopic (exact) mass is 477 g/mol. The molecule has 0 saturated carbocycles. The number of hydrogen-bond acceptors (Lipinski definition) is 7. The first-order valence-corrected chi connectivity index (χ1v) is 11.9. The Morgan fingerprint density at radius 3 is 2.63 bits per heavy atom. The summed E-state index contributed by atoms with van der Waals surface area (Å²) in [7, 11) is 1.34. The molecule has 0 atom stereocenters. The van der Waals surface area contributed by atoms with Crippen molar-refractivity contribution in [2.75, 3.05) is 33.4 Å². The van der Waals surface area contributed by atoms with Gasteiger partial charge in [0.15, 0.2) is 0 Å². The third-order valence-corrected chi connectivity index (χ3v) is 6.08. The van der Waals surface area contributed by atoms with Crippen molar-refractivity contribution in [2.45, 2.75) is 32.9 Å². The number of benzene rings is 1. The number of methoxy groups -OCH3 is 1.